The van der Waals surface area contributed by atoms with Crippen LogP contribution in [0.1, 0.15) is 50.4 Å². The molecule has 7 nitrogen and oxygen atoms in total. The number of rotatable bonds is 9. The van der Waals surface area contributed by atoms with Crippen molar-refractivity contribution in [2.24, 2.45) is 0 Å². The first-order chi connectivity index (χ1) is 15.1. The van der Waals surface area contributed by atoms with Gasteiger partial charge in [-0.3, -0.25) is 18.6 Å². The second-order valence-electron chi connectivity index (χ2n) is 7.81. The largest absolute Gasteiger partial charge is 0.356 e. The van der Waals surface area contributed by atoms with Crippen LogP contribution in [0, 0.1) is 0 Å². The molecule has 3 aromatic heterocycles. The highest BCUT2D eigenvalue weighted by Crippen LogP contribution is 2.20. The molecule has 0 aliphatic rings. The van der Waals surface area contributed by atoms with Gasteiger partial charge in [0, 0.05) is 25.9 Å². The molecular formula is C23H27N5O2S. The number of nitrogens with one attached hydrogen (secondary N) is 1. The highest BCUT2D eigenvalue weighted by molar-refractivity contribution is 7.17. The van der Waals surface area contributed by atoms with Gasteiger partial charge in [0.1, 0.15) is 10.5 Å². The predicted octanol–water partition coefficient (Wildman–Crippen LogP) is 3.76. The van der Waals surface area contributed by atoms with Gasteiger partial charge in [-0.1, -0.05) is 44.2 Å². The third kappa shape index (κ3) is 4.39. The van der Waals surface area contributed by atoms with Gasteiger partial charge >= 0.3 is 0 Å². The fraction of sp³-hybridized carbons (Fsp3) is 0.391. The maximum absolute atomic E-state index is 12.8. The summed E-state index contributed by atoms with van der Waals surface area (Å²) >= 11 is 1.44. The second kappa shape index (κ2) is 9.43. The van der Waals surface area contributed by atoms with Crippen LogP contribution in [0.15, 0.2) is 46.6 Å². The number of amides is 1. The Labute approximate surface area is 184 Å². The molecule has 31 heavy (non-hydrogen) atoms. The molecule has 1 aromatic carbocycles. The topological polar surface area (TPSA) is 81.3 Å². The molecule has 8 heteroatoms. The van der Waals surface area contributed by atoms with E-state index in [1.54, 1.807) is 4.57 Å². The molecule has 4 rings (SSSR count). The van der Waals surface area contributed by atoms with Gasteiger partial charge in [0.15, 0.2) is 0 Å². The van der Waals surface area contributed by atoms with Crippen molar-refractivity contribution in [1.82, 2.24) is 24.5 Å². The summed E-state index contributed by atoms with van der Waals surface area (Å²) in [6.07, 6.45) is 2.57. The molecule has 0 saturated heterocycles. The Morgan fingerprint density at radius 2 is 2.00 bits per heavy atom. The van der Waals surface area contributed by atoms with E-state index in [4.69, 9.17) is 0 Å². The van der Waals surface area contributed by atoms with Crippen molar-refractivity contribution < 1.29 is 4.79 Å². The maximum atomic E-state index is 12.8. The third-order valence-electron chi connectivity index (χ3n) is 5.50. The monoisotopic (exact) mass is 437 g/mol. The molecule has 0 radical (unpaired) electrons. The lowest BCUT2D eigenvalue weighted by atomic mass is 10.0. The smallest absolute Gasteiger partial charge is 0.272 e. The average molecular weight is 438 g/mol. The van der Waals surface area contributed by atoms with Crippen LogP contribution in [0.3, 0.4) is 0 Å². The molecule has 1 amide bonds. The molecule has 1 N–H and O–H groups in total. The second-order valence-corrected chi connectivity index (χ2v) is 8.73. The van der Waals surface area contributed by atoms with Crippen molar-refractivity contribution in [3.63, 3.8) is 0 Å². The zero-order chi connectivity index (χ0) is 21.8. The number of aryl methyl sites for hydroxylation is 2. The molecule has 0 fully saturated rings. The summed E-state index contributed by atoms with van der Waals surface area (Å²) < 4.78 is 4.39. The van der Waals surface area contributed by atoms with Gasteiger partial charge < -0.3 is 5.32 Å². The van der Waals surface area contributed by atoms with Crippen molar-refractivity contribution in [3.05, 3.63) is 63.5 Å². The minimum absolute atomic E-state index is 0.00906. The first kappa shape index (κ1) is 21.2. The number of carbonyl (C=O) groups excluding carboxylic acids is 1. The Kier molecular flexibility index (Phi) is 6.46. The van der Waals surface area contributed by atoms with E-state index in [2.05, 4.69) is 34.6 Å². The van der Waals surface area contributed by atoms with E-state index in [9.17, 15) is 9.59 Å². The Morgan fingerprint density at radius 3 is 2.77 bits per heavy atom. The highest BCUT2D eigenvalue weighted by atomic mass is 32.1. The van der Waals surface area contributed by atoms with Gasteiger partial charge in [0.05, 0.1) is 5.52 Å². The van der Waals surface area contributed by atoms with Crippen LogP contribution < -0.4 is 10.9 Å². The van der Waals surface area contributed by atoms with Gasteiger partial charge in [-0.15, -0.1) is 21.5 Å². The van der Waals surface area contributed by atoms with E-state index in [1.165, 1.54) is 16.9 Å². The number of hydrogen-bond donors (Lipinski definition) is 1. The molecule has 0 aliphatic heterocycles. The maximum Gasteiger partial charge on any atom is 0.272 e. The fourth-order valence-electron chi connectivity index (χ4n) is 3.83. The van der Waals surface area contributed by atoms with Crippen LogP contribution in [-0.2, 0) is 17.8 Å². The number of carbonyl (C=O) groups is 1. The summed E-state index contributed by atoms with van der Waals surface area (Å²) in [6, 6.07) is 12.1. The molecule has 0 spiro atoms. The Bertz CT molecular complexity index is 1240. The summed E-state index contributed by atoms with van der Waals surface area (Å²) in [5.41, 5.74) is 2.05. The zero-order valence-electron chi connectivity index (χ0n) is 17.9. The van der Waals surface area contributed by atoms with Crippen molar-refractivity contribution >= 4 is 33.2 Å². The molecule has 1 atom stereocenters. The van der Waals surface area contributed by atoms with Crippen LogP contribution in [0.2, 0.25) is 0 Å². The Morgan fingerprint density at radius 1 is 1.19 bits per heavy atom. The van der Waals surface area contributed by atoms with E-state index in [0.717, 1.165) is 22.5 Å². The fourth-order valence-corrected chi connectivity index (χ4v) is 4.65. The molecule has 0 unspecified atom stereocenters. The van der Waals surface area contributed by atoms with Gasteiger partial charge in [-0.25, -0.2) is 0 Å². The number of benzene rings is 1. The van der Waals surface area contributed by atoms with E-state index in [1.807, 2.05) is 41.0 Å². The highest BCUT2D eigenvalue weighted by Gasteiger charge is 2.17. The molecule has 162 valence electrons. The number of nitrogens with zero attached hydrogens (tertiary/aromatic N) is 4. The van der Waals surface area contributed by atoms with Gasteiger partial charge in [-0.2, -0.15) is 0 Å². The summed E-state index contributed by atoms with van der Waals surface area (Å²) in [4.78, 5) is 25.1. The summed E-state index contributed by atoms with van der Waals surface area (Å²) in [7, 11) is 0. The predicted molar refractivity (Wildman–Crippen MR) is 124 cm³/mol. The van der Waals surface area contributed by atoms with E-state index < -0.39 is 0 Å². The molecule has 0 saturated carbocycles. The molecule has 4 aromatic rings. The standard InChI is InChI=1S/C23H27N5O2S/c1-3-13-27-22(30)21-18(12-14-31-21)28-19(25-26-23(27)28)10-7-11-20(29)24-15-16(2)17-8-5-4-6-9-17/h4-6,8-9,12,14,16H,3,7,10-11,13,15H2,1-2H3,(H,24,29)/t16-/m0/s1. The van der Waals surface area contributed by atoms with Gasteiger partial charge in [-0.05, 0) is 35.8 Å². The third-order valence-corrected chi connectivity index (χ3v) is 6.40. The van der Waals surface area contributed by atoms with Crippen LogP contribution >= 0.6 is 11.3 Å². The van der Waals surface area contributed by atoms with E-state index in [0.29, 0.717) is 38.1 Å². The molecule has 3 heterocycles. The van der Waals surface area contributed by atoms with Crippen LogP contribution in [-0.4, -0.2) is 31.6 Å². The van der Waals surface area contributed by atoms with Crippen LogP contribution in [0.4, 0.5) is 0 Å². The molecular weight excluding hydrogens is 410 g/mol. The molecule has 0 bridgehead atoms. The normalized spacial score (nSPS) is 12.5. The lowest BCUT2D eigenvalue weighted by Gasteiger charge is -2.13. The minimum atomic E-state index is -0.00906. The first-order valence-electron chi connectivity index (χ1n) is 10.8. The SMILES string of the molecule is CCCn1c(=O)c2sccc2n2c(CCCC(=O)NC[C@H](C)c3ccccc3)nnc12. The van der Waals surface area contributed by atoms with Crippen LogP contribution in [0.25, 0.3) is 16.0 Å². The van der Waals surface area contributed by atoms with E-state index in [-0.39, 0.29) is 17.4 Å². The quantitative estimate of drug-likeness (QED) is 0.432. The van der Waals surface area contributed by atoms with Crippen molar-refractivity contribution in [2.45, 2.75) is 52.0 Å². The first-order valence-corrected chi connectivity index (χ1v) is 11.6. The lowest BCUT2D eigenvalue weighted by Crippen LogP contribution is -2.27. The number of hydrogen-bond acceptors (Lipinski definition) is 5. The lowest BCUT2D eigenvalue weighted by molar-refractivity contribution is -0.121. The molecule has 0 aliphatic carbocycles. The Hall–Kier alpha value is -3.00. The average Bonchev–Trinajstić information content (AvgIpc) is 3.43. The Balaban J connectivity index is 1.41. The van der Waals surface area contributed by atoms with Crippen molar-refractivity contribution in [3.8, 4) is 0 Å². The number of aromatic nitrogens is 4. The minimum Gasteiger partial charge on any atom is -0.356 e. The van der Waals surface area contributed by atoms with Gasteiger partial charge in [0.2, 0.25) is 11.7 Å². The van der Waals surface area contributed by atoms with Crippen molar-refractivity contribution in [2.75, 3.05) is 6.54 Å². The summed E-state index contributed by atoms with van der Waals surface area (Å²) in [6.45, 7) is 5.38. The zero-order valence-corrected chi connectivity index (χ0v) is 18.7. The number of thiophene rings is 1. The van der Waals surface area contributed by atoms with Gasteiger partial charge in [0.25, 0.3) is 5.56 Å². The number of fused-ring (bicyclic) bond motifs is 3. The van der Waals surface area contributed by atoms with Crippen LogP contribution in [0.5, 0.6) is 0 Å². The summed E-state index contributed by atoms with van der Waals surface area (Å²) in [5, 5.41) is 13.6. The summed E-state index contributed by atoms with van der Waals surface area (Å²) in [5.74, 6) is 1.68. The van der Waals surface area contributed by atoms with Crippen molar-refractivity contribution in [1.29, 1.82) is 0 Å². The van der Waals surface area contributed by atoms with E-state index >= 15 is 0 Å².